The van der Waals surface area contributed by atoms with E-state index in [0.717, 1.165) is 9.54 Å². The summed E-state index contributed by atoms with van der Waals surface area (Å²) in [4.78, 5) is 1.96. The fourth-order valence-corrected chi connectivity index (χ4v) is 3.61. The summed E-state index contributed by atoms with van der Waals surface area (Å²) in [5.41, 5.74) is 0. The van der Waals surface area contributed by atoms with Crippen LogP contribution in [-0.4, -0.2) is 0 Å². The second-order valence-corrected chi connectivity index (χ2v) is 6.49. The molecule has 0 N–H and O–H groups in total. The Labute approximate surface area is 105 Å². The average molecular weight is 303 g/mol. The summed E-state index contributed by atoms with van der Waals surface area (Å²) in [6.07, 6.45) is 0. The van der Waals surface area contributed by atoms with Gasteiger partial charge in [-0.2, -0.15) is 0 Å². The molecule has 1 aromatic heterocycles. The summed E-state index contributed by atoms with van der Waals surface area (Å²) >= 11 is 6.62. The lowest BCUT2D eigenvalue weighted by Gasteiger charge is -2.00. The van der Waals surface area contributed by atoms with E-state index in [-0.39, 0.29) is 5.82 Å². The van der Waals surface area contributed by atoms with Gasteiger partial charge >= 0.3 is 0 Å². The Balaban J connectivity index is 2.02. The number of rotatable bonds is 3. The van der Waals surface area contributed by atoms with E-state index in [0.29, 0.717) is 4.90 Å². The Bertz CT molecular complexity index is 453. The number of hydrogen-bond acceptors (Lipinski definition) is 2. The van der Waals surface area contributed by atoms with E-state index in [9.17, 15) is 4.39 Å². The van der Waals surface area contributed by atoms with Gasteiger partial charge in [0.2, 0.25) is 0 Å². The van der Waals surface area contributed by atoms with Crippen LogP contribution in [0, 0.1) is 5.82 Å². The second kappa shape index (κ2) is 5.14. The highest BCUT2D eigenvalue weighted by Crippen LogP contribution is 2.30. The van der Waals surface area contributed by atoms with Gasteiger partial charge in [0.1, 0.15) is 5.82 Å². The molecule has 0 saturated heterocycles. The summed E-state index contributed by atoms with van der Waals surface area (Å²) in [5.74, 6) is 0.676. The maximum atomic E-state index is 13.3. The van der Waals surface area contributed by atoms with Crippen LogP contribution in [0.5, 0.6) is 0 Å². The van der Waals surface area contributed by atoms with Crippen molar-refractivity contribution in [2.24, 2.45) is 0 Å². The molecule has 0 spiro atoms. The van der Waals surface area contributed by atoms with Gasteiger partial charge in [-0.1, -0.05) is 12.1 Å². The molecule has 2 rings (SSSR count). The third-order valence-corrected chi connectivity index (χ3v) is 4.74. The van der Waals surface area contributed by atoms with Crippen LogP contribution < -0.4 is 0 Å². The molecule has 0 atom stereocenters. The third-order valence-electron chi connectivity index (χ3n) is 1.84. The highest BCUT2D eigenvalue weighted by molar-refractivity contribution is 9.11. The van der Waals surface area contributed by atoms with Crippen LogP contribution in [0.15, 0.2) is 45.1 Å². The monoisotopic (exact) mass is 302 g/mol. The van der Waals surface area contributed by atoms with E-state index in [2.05, 4.69) is 22.0 Å². The number of halogens is 2. The van der Waals surface area contributed by atoms with Crippen LogP contribution in [0.2, 0.25) is 0 Å². The third kappa shape index (κ3) is 3.06. The molecule has 2 aromatic rings. The van der Waals surface area contributed by atoms with Crippen molar-refractivity contribution in [1.29, 1.82) is 0 Å². The smallest absolute Gasteiger partial charge is 0.136 e. The minimum Gasteiger partial charge on any atom is -0.206 e. The van der Waals surface area contributed by atoms with Gasteiger partial charge in [-0.05, 0) is 40.2 Å². The van der Waals surface area contributed by atoms with Gasteiger partial charge in [0.25, 0.3) is 0 Å². The molecule has 1 aromatic carbocycles. The molecule has 0 bridgehead atoms. The SMILES string of the molecule is Fc1ccccc1SCc1ccc(Br)s1. The lowest BCUT2D eigenvalue weighted by Crippen LogP contribution is -1.80. The number of thioether (sulfide) groups is 1. The molecule has 1 heterocycles. The van der Waals surface area contributed by atoms with Crippen LogP contribution in [-0.2, 0) is 5.75 Å². The summed E-state index contributed by atoms with van der Waals surface area (Å²) in [5, 5.41) is 0. The molecular formula is C11H8BrFS2. The highest BCUT2D eigenvalue weighted by Gasteiger charge is 2.03. The van der Waals surface area contributed by atoms with Crippen molar-refractivity contribution in [3.63, 3.8) is 0 Å². The molecule has 0 radical (unpaired) electrons. The van der Waals surface area contributed by atoms with Crippen molar-refractivity contribution in [1.82, 2.24) is 0 Å². The molecule has 0 unspecified atom stereocenters. The van der Waals surface area contributed by atoms with E-state index in [1.165, 1.54) is 22.7 Å². The van der Waals surface area contributed by atoms with E-state index in [4.69, 9.17) is 0 Å². The van der Waals surface area contributed by atoms with Crippen molar-refractivity contribution in [2.45, 2.75) is 10.6 Å². The number of thiophene rings is 1. The largest absolute Gasteiger partial charge is 0.206 e. The molecule has 0 aliphatic carbocycles. The van der Waals surface area contributed by atoms with E-state index < -0.39 is 0 Å². The van der Waals surface area contributed by atoms with Crippen LogP contribution >= 0.6 is 39.0 Å². The predicted octanol–water partition coefficient (Wildman–Crippen LogP) is 4.94. The van der Waals surface area contributed by atoms with E-state index >= 15 is 0 Å². The Morgan fingerprint density at radius 1 is 1.20 bits per heavy atom. The van der Waals surface area contributed by atoms with Gasteiger partial charge in [0.05, 0.1) is 3.79 Å². The Morgan fingerprint density at radius 2 is 2.00 bits per heavy atom. The van der Waals surface area contributed by atoms with Crippen LogP contribution in [0.1, 0.15) is 4.88 Å². The molecule has 0 aliphatic rings. The second-order valence-electron chi connectivity index (χ2n) is 2.92. The Morgan fingerprint density at radius 3 is 2.67 bits per heavy atom. The molecule has 0 amide bonds. The van der Waals surface area contributed by atoms with Crippen LogP contribution in [0.3, 0.4) is 0 Å². The number of benzene rings is 1. The molecule has 0 saturated carbocycles. The van der Waals surface area contributed by atoms with Gasteiger partial charge in [0.15, 0.2) is 0 Å². The van der Waals surface area contributed by atoms with Crippen molar-refractivity contribution in [3.05, 3.63) is 50.9 Å². The average Bonchev–Trinajstić information content (AvgIpc) is 2.63. The first kappa shape index (κ1) is 11.2. The minimum absolute atomic E-state index is 0.141. The zero-order valence-corrected chi connectivity index (χ0v) is 11.0. The summed E-state index contributed by atoms with van der Waals surface area (Å²) in [7, 11) is 0. The summed E-state index contributed by atoms with van der Waals surface area (Å²) in [6.45, 7) is 0. The van der Waals surface area contributed by atoms with Gasteiger partial charge in [-0.15, -0.1) is 23.1 Å². The van der Waals surface area contributed by atoms with E-state index in [1.54, 1.807) is 17.4 Å². The van der Waals surface area contributed by atoms with Crippen molar-refractivity contribution >= 4 is 39.0 Å². The fraction of sp³-hybridized carbons (Fsp3) is 0.0909. The van der Waals surface area contributed by atoms with Crippen LogP contribution in [0.4, 0.5) is 4.39 Å². The molecule has 0 fully saturated rings. The van der Waals surface area contributed by atoms with Gasteiger partial charge in [-0.25, -0.2) is 4.39 Å². The van der Waals surface area contributed by atoms with Gasteiger partial charge in [-0.3, -0.25) is 0 Å². The minimum atomic E-state index is -0.141. The standard InChI is InChI=1S/C11H8BrFS2/c12-11-6-5-8(15-11)7-14-10-4-2-1-3-9(10)13/h1-6H,7H2. The topological polar surface area (TPSA) is 0 Å². The number of hydrogen-bond donors (Lipinski definition) is 0. The maximum Gasteiger partial charge on any atom is 0.136 e. The van der Waals surface area contributed by atoms with Crippen molar-refractivity contribution < 1.29 is 4.39 Å². The van der Waals surface area contributed by atoms with Crippen LogP contribution in [0.25, 0.3) is 0 Å². The first-order valence-corrected chi connectivity index (χ1v) is 6.97. The first-order chi connectivity index (χ1) is 7.25. The highest BCUT2D eigenvalue weighted by atomic mass is 79.9. The zero-order valence-electron chi connectivity index (χ0n) is 7.74. The Hall–Kier alpha value is -0.320. The van der Waals surface area contributed by atoms with E-state index in [1.807, 2.05) is 18.2 Å². The van der Waals surface area contributed by atoms with Crippen molar-refractivity contribution in [3.8, 4) is 0 Å². The molecule has 0 aliphatic heterocycles. The summed E-state index contributed by atoms with van der Waals surface area (Å²) in [6, 6.07) is 10.9. The molecule has 0 nitrogen and oxygen atoms in total. The molecule has 4 heteroatoms. The molecule has 15 heavy (non-hydrogen) atoms. The van der Waals surface area contributed by atoms with Crippen molar-refractivity contribution in [2.75, 3.05) is 0 Å². The predicted molar refractivity (Wildman–Crippen MR) is 68.0 cm³/mol. The summed E-state index contributed by atoms with van der Waals surface area (Å²) < 4.78 is 14.4. The Kier molecular flexibility index (Phi) is 3.83. The first-order valence-electron chi connectivity index (χ1n) is 4.37. The van der Waals surface area contributed by atoms with Gasteiger partial charge < -0.3 is 0 Å². The normalized spacial score (nSPS) is 10.5. The zero-order chi connectivity index (χ0) is 10.7. The fourth-order valence-electron chi connectivity index (χ4n) is 1.14. The maximum absolute atomic E-state index is 13.3. The lowest BCUT2D eigenvalue weighted by atomic mass is 10.3. The molecule has 78 valence electrons. The van der Waals surface area contributed by atoms with Gasteiger partial charge in [0, 0.05) is 15.5 Å². The lowest BCUT2D eigenvalue weighted by molar-refractivity contribution is 0.602. The quantitative estimate of drug-likeness (QED) is 0.724. The molecular weight excluding hydrogens is 295 g/mol.